The van der Waals surface area contributed by atoms with Gasteiger partial charge < -0.3 is 5.32 Å². The molecule has 0 aliphatic heterocycles. The van der Waals surface area contributed by atoms with Crippen LogP contribution < -0.4 is 5.32 Å². The highest BCUT2D eigenvalue weighted by atomic mass is 15.2. The molecule has 2 rings (SSSR count). The van der Waals surface area contributed by atoms with Gasteiger partial charge in [0, 0.05) is 18.1 Å². The van der Waals surface area contributed by atoms with Gasteiger partial charge in [-0.25, -0.2) is 0 Å². The van der Waals surface area contributed by atoms with Crippen molar-refractivity contribution in [1.29, 1.82) is 0 Å². The number of nitrogens with one attached hydrogen (secondary N) is 1. The summed E-state index contributed by atoms with van der Waals surface area (Å²) in [6, 6.07) is 10.7. The first kappa shape index (κ1) is 15.5. The van der Waals surface area contributed by atoms with Gasteiger partial charge in [-0.1, -0.05) is 38.1 Å². The molecule has 1 N–H and O–H groups in total. The lowest BCUT2D eigenvalue weighted by Gasteiger charge is -2.42. The van der Waals surface area contributed by atoms with Crippen LogP contribution in [-0.4, -0.2) is 30.6 Å². The Morgan fingerprint density at radius 1 is 1.30 bits per heavy atom. The molecule has 1 aromatic rings. The summed E-state index contributed by atoms with van der Waals surface area (Å²) >= 11 is 0. The smallest absolute Gasteiger partial charge is 0.0481 e. The number of nitrogens with zero attached hydrogens (tertiary/aromatic N) is 1. The minimum atomic E-state index is 0.485. The first-order valence-corrected chi connectivity index (χ1v) is 8.22. The van der Waals surface area contributed by atoms with Gasteiger partial charge in [0.05, 0.1) is 0 Å². The molecule has 1 aliphatic carbocycles. The minimum Gasteiger partial charge on any atom is -0.309 e. The number of likely N-dealkylation sites (N-methyl/N-ethyl adjacent to an activating group) is 1. The zero-order valence-corrected chi connectivity index (χ0v) is 13.5. The van der Waals surface area contributed by atoms with Crippen LogP contribution in [0.4, 0.5) is 0 Å². The van der Waals surface area contributed by atoms with Crippen molar-refractivity contribution in [2.45, 2.75) is 64.6 Å². The highest BCUT2D eigenvalue weighted by Gasteiger charge is 2.32. The van der Waals surface area contributed by atoms with E-state index in [0.29, 0.717) is 18.1 Å². The number of fused-ring (bicyclic) bond motifs is 1. The summed E-state index contributed by atoms with van der Waals surface area (Å²) in [6.45, 7) is 7.97. The Morgan fingerprint density at radius 2 is 2.05 bits per heavy atom. The molecule has 112 valence electrons. The van der Waals surface area contributed by atoms with Crippen LogP contribution in [0.2, 0.25) is 0 Å². The van der Waals surface area contributed by atoms with Gasteiger partial charge in [-0.15, -0.1) is 0 Å². The van der Waals surface area contributed by atoms with E-state index in [0.717, 1.165) is 6.54 Å². The summed E-state index contributed by atoms with van der Waals surface area (Å²) in [4.78, 5) is 2.59. The van der Waals surface area contributed by atoms with E-state index >= 15 is 0 Å². The van der Waals surface area contributed by atoms with E-state index in [1.165, 1.54) is 36.8 Å². The number of rotatable bonds is 6. The van der Waals surface area contributed by atoms with Gasteiger partial charge in [-0.2, -0.15) is 0 Å². The van der Waals surface area contributed by atoms with Gasteiger partial charge in [-0.3, -0.25) is 4.90 Å². The van der Waals surface area contributed by atoms with Crippen molar-refractivity contribution in [3.05, 3.63) is 35.4 Å². The Hall–Kier alpha value is -0.860. The molecule has 0 aromatic heterocycles. The molecule has 0 spiro atoms. The number of hydrogen-bond acceptors (Lipinski definition) is 2. The topological polar surface area (TPSA) is 15.3 Å². The normalized spacial score (nSPS) is 23.6. The van der Waals surface area contributed by atoms with E-state index in [1.54, 1.807) is 0 Å². The molecule has 3 atom stereocenters. The molecule has 0 saturated heterocycles. The fraction of sp³-hybridized carbons (Fsp3) is 0.667. The Morgan fingerprint density at radius 3 is 2.75 bits per heavy atom. The third-order valence-electron chi connectivity index (χ3n) is 4.91. The molecule has 0 radical (unpaired) electrons. The molecule has 2 heteroatoms. The fourth-order valence-electron chi connectivity index (χ4n) is 3.34. The average Bonchev–Trinajstić information content (AvgIpc) is 2.50. The van der Waals surface area contributed by atoms with Gasteiger partial charge in [0.1, 0.15) is 0 Å². The second-order valence-corrected chi connectivity index (χ2v) is 6.16. The van der Waals surface area contributed by atoms with Crippen LogP contribution in [0.3, 0.4) is 0 Å². The van der Waals surface area contributed by atoms with E-state index in [2.05, 4.69) is 62.3 Å². The van der Waals surface area contributed by atoms with Crippen LogP contribution in [0.15, 0.2) is 24.3 Å². The minimum absolute atomic E-state index is 0.485. The van der Waals surface area contributed by atoms with Crippen molar-refractivity contribution >= 4 is 0 Å². The monoisotopic (exact) mass is 274 g/mol. The van der Waals surface area contributed by atoms with E-state index in [4.69, 9.17) is 0 Å². The Bertz CT molecular complexity index is 416. The third kappa shape index (κ3) is 3.24. The molecule has 0 amide bonds. The Labute approximate surface area is 124 Å². The van der Waals surface area contributed by atoms with E-state index < -0.39 is 0 Å². The van der Waals surface area contributed by atoms with Crippen LogP contribution in [-0.2, 0) is 6.42 Å². The highest BCUT2D eigenvalue weighted by Crippen LogP contribution is 2.33. The SMILES string of the molecule is CCCNC1c2ccccc2CCC1N(C)C(C)CC. The molecule has 1 aromatic carbocycles. The molecule has 3 unspecified atom stereocenters. The zero-order chi connectivity index (χ0) is 14.5. The molecule has 0 bridgehead atoms. The summed E-state index contributed by atoms with van der Waals surface area (Å²) in [7, 11) is 2.30. The summed E-state index contributed by atoms with van der Waals surface area (Å²) < 4.78 is 0. The summed E-state index contributed by atoms with van der Waals surface area (Å²) in [5.74, 6) is 0. The van der Waals surface area contributed by atoms with Crippen LogP contribution in [0.1, 0.15) is 57.2 Å². The molecule has 0 saturated carbocycles. The van der Waals surface area contributed by atoms with Gasteiger partial charge in [0.15, 0.2) is 0 Å². The molecule has 0 fully saturated rings. The molecule has 0 heterocycles. The van der Waals surface area contributed by atoms with E-state index in [1.807, 2.05) is 0 Å². The van der Waals surface area contributed by atoms with E-state index in [-0.39, 0.29) is 0 Å². The second-order valence-electron chi connectivity index (χ2n) is 6.16. The van der Waals surface area contributed by atoms with Crippen LogP contribution in [0, 0.1) is 0 Å². The standard InChI is InChI=1S/C18H30N2/c1-5-13-19-18-16-10-8-7-9-15(16)11-12-17(18)20(4)14(3)6-2/h7-10,14,17-19H,5-6,11-13H2,1-4H3. The van der Waals surface area contributed by atoms with Crippen molar-refractivity contribution in [1.82, 2.24) is 10.2 Å². The van der Waals surface area contributed by atoms with Crippen molar-refractivity contribution in [3.63, 3.8) is 0 Å². The number of benzene rings is 1. The lowest BCUT2D eigenvalue weighted by Crippen LogP contribution is -2.48. The van der Waals surface area contributed by atoms with Crippen LogP contribution in [0.25, 0.3) is 0 Å². The Kier molecular flexibility index (Phi) is 5.62. The fourth-order valence-corrected chi connectivity index (χ4v) is 3.34. The average molecular weight is 274 g/mol. The number of hydrogen-bond donors (Lipinski definition) is 1. The molecule has 2 nitrogen and oxygen atoms in total. The first-order chi connectivity index (χ1) is 9.69. The predicted molar refractivity (Wildman–Crippen MR) is 87.1 cm³/mol. The van der Waals surface area contributed by atoms with Crippen molar-refractivity contribution < 1.29 is 0 Å². The molecular weight excluding hydrogens is 244 g/mol. The van der Waals surface area contributed by atoms with Crippen molar-refractivity contribution in [2.24, 2.45) is 0 Å². The predicted octanol–water partition coefficient (Wildman–Crippen LogP) is 3.77. The molecule has 1 aliphatic rings. The first-order valence-electron chi connectivity index (χ1n) is 8.22. The van der Waals surface area contributed by atoms with Crippen LogP contribution >= 0.6 is 0 Å². The zero-order valence-electron chi connectivity index (χ0n) is 13.5. The maximum atomic E-state index is 3.80. The second kappa shape index (κ2) is 7.24. The molecular formula is C18H30N2. The van der Waals surface area contributed by atoms with Crippen LogP contribution in [0.5, 0.6) is 0 Å². The maximum Gasteiger partial charge on any atom is 0.0481 e. The summed E-state index contributed by atoms with van der Waals surface area (Å²) in [6.07, 6.45) is 4.89. The lowest BCUT2D eigenvalue weighted by molar-refractivity contribution is 0.128. The quantitative estimate of drug-likeness (QED) is 0.849. The Balaban J connectivity index is 2.24. The van der Waals surface area contributed by atoms with Gasteiger partial charge in [0.25, 0.3) is 0 Å². The van der Waals surface area contributed by atoms with Gasteiger partial charge in [-0.05, 0) is 57.3 Å². The maximum absolute atomic E-state index is 3.80. The van der Waals surface area contributed by atoms with Gasteiger partial charge in [0.2, 0.25) is 0 Å². The summed E-state index contributed by atoms with van der Waals surface area (Å²) in [5.41, 5.74) is 3.06. The van der Waals surface area contributed by atoms with E-state index in [9.17, 15) is 0 Å². The van der Waals surface area contributed by atoms with Crippen molar-refractivity contribution in [2.75, 3.05) is 13.6 Å². The number of aryl methyl sites for hydroxylation is 1. The lowest BCUT2D eigenvalue weighted by atomic mass is 9.82. The largest absolute Gasteiger partial charge is 0.309 e. The molecule has 20 heavy (non-hydrogen) atoms. The van der Waals surface area contributed by atoms with Crippen molar-refractivity contribution in [3.8, 4) is 0 Å². The van der Waals surface area contributed by atoms with Gasteiger partial charge >= 0.3 is 0 Å². The highest BCUT2D eigenvalue weighted by molar-refractivity contribution is 5.34. The summed E-state index contributed by atoms with van der Waals surface area (Å²) in [5, 5.41) is 3.80. The third-order valence-corrected chi connectivity index (χ3v) is 4.91.